The molecule has 0 aliphatic heterocycles. The maximum atomic E-state index is 13.4. The van der Waals surface area contributed by atoms with E-state index in [0.717, 1.165) is 12.8 Å². The third-order valence-electron chi connectivity index (χ3n) is 1.97. The van der Waals surface area contributed by atoms with Crippen LogP contribution in [0.2, 0.25) is 0 Å². The van der Waals surface area contributed by atoms with Gasteiger partial charge < -0.3 is 0 Å². The third kappa shape index (κ3) is 2.26. The van der Waals surface area contributed by atoms with Crippen LogP contribution in [0.1, 0.15) is 45.2 Å². The fourth-order valence-electron chi connectivity index (χ4n) is 1.12. The Balaban J connectivity index is 2.74. The number of aromatic nitrogens is 3. The van der Waals surface area contributed by atoms with Gasteiger partial charge in [0.05, 0.1) is 0 Å². The Morgan fingerprint density at radius 2 is 2.15 bits per heavy atom. The van der Waals surface area contributed by atoms with Gasteiger partial charge in [0, 0.05) is 12.5 Å². The zero-order chi connectivity index (χ0) is 9.84. The second kappa shape index (κ2) is 4.35. The van der Waals surface area contributed by atoms with Crippen LogP contribution in [0, 0.1) is 5.95 Å². The zero-order valence-electron chi connectivity index (χ0n) is 8.42. The topological polar surface area (TPSA) is 30.7 Å². The van der Waals surface area contributed by atoms with Crippen LogP contribution in [0.4, 0.5) is 4.39 Å². The summed E-state index contributed by atoms with van der Waals surface area (Å²) < 4.78 is 14.8. The van der Waals surface area contributed by atoms with Crippen LogP contribution >= 0.6 is 0 Å². The monoisotopic (exact) mass is 185 g/mol. The summed E-state index contributed by atoms with van der Waals surface area (Å²) in [6.07, 6.45) is 1.98. The highest BCUT2D eigenvalue weighted by Gasteiger charge is 2.14. The van der Waals surface area contributed by atoms with Crippen LogP contribution < -0.4 is 0 Å². The lowest BCUT2D eigenvalue weighted by Crippen LogP contribution is -2.03. The summed E-state index contributed by atoms with van der Waals surface area (Å²) in [5.41, 5.74) is 0.469. The Bertz CT molecular complexity index is 268. The summed E-state index contributed by atoms with van der Waals surface area (Å²) in [5.74, 6) is -0.168. The van der Waals surface area contributed by atoms with Gasteiger partial charge in [-0.15, -0.1) is 5.10 Å². The lowest BCUT2D eigenvalue weighted by Gasteiger charge is -2.00. The molecule has 0 unspecified atom stereocenters. The molecule has 0 aliphatic carbocycles. The molecule has 3 nitrogen and oxygen atoms in total. The van der Waals surface area contributed by atoms with E-state index in [9.17, 15) is 4.39 Å². The summed E-state index contributed by atoms with van der Waals surface area (Å²) in [6.45, 7) is 6.52. The molecular weight excluding hydrogens is 169 g/mol. The number of hydrogen-bond acceptors (Lipinski definition) is 2. The molecule has 0 saturated carbocycles. The number of unbranched alkanes of at least 4 members (excludes halogenated alkanes) is 1. The van der Waals surface area contributed by atoms with Crippen LogP contribution in [-0.2, 0) is 6.54 Å². The first kappa shape index (κ1) is 10.2. The van der Waals surface area contributed by atoms with Crippen molar-refractivity contribution in [3.63, 3.8) is 0 Å². The average Bonchev–Trinajstić information content (AvgIpc) is 2.43. The van der Waals surface area contributed by atoms with Crippen molar-refractivity contribution >= 4 is 0 Å². The van der Waals surface area contributed by atoms with E-state index in [1.54, 1.807) is 0 Å². The lowest BCUT2D eigenvalue weighted by molar-refractivity contribution is 0.433. The van der Waals surface area contributed by atoms with Gasteiger partial charge in [-0.2, -0.15) is 4.39 Å². The van der Waals surface area contributed by atoms with Gasteiger partial charge in [-0.3, -0.25) is 0 Å². The molecule has 1 heterocycles. The Kier molecular flexibility index (Phi) is 3.39. The number of aryl methyl sites for hydroxylation is 1. The van der Waals surface area contributed by atoms with Gasteiger partial charge in [0.25, 0.3) is 0 Å². The van der Waals surface area contributed by atoms with Crippen molar-refractivity contribution in [2.24, 2.45) is 0 Å². The molecule has 0 aliphatic rings. The molecule has 1 aromatic heterocycles. The van der Waals surface area contributed by atoms with E-state index in [4.69, 9.17) is 0 Å². The average molecular weight is 185 g/mol. The van der Waals surface area contributed by atoms with Crippen LogP contribution in [-0.4, -0.2) is 15.0 Å². The number of rotatable bonds is 4. The summed E-state index contributed by atoms with van der Waals surface area (Å²) >= 11 is 0. The minimum absolute atomic E-state index is 0.107. The molecule has 74 valence electrons. The van der Waals surface area contributed by atoms with Crippen LogP contribution in [0.15, 0.2) is 0 Å². The highest BCUT2D eigenvalue weighted by atomic mass is 19.1. The van der Waals surface area contributed by atoms with Crippen molar-refractivity contribution in [3.05, 3.63) is 11.6 Å². The number of hydrogen-bond donors (Lipinski definition) is 0. The first-order valence-electron chi connectivity index (χ1n) is 4.75. The first-order valence-corrected chi connectivity index (χ1v) is 4.75. The van der Waals surface area contributed by atoms with E-state index in [0.29, 0.717) is 12.2 Å². The minimum Gasteiger partial charge on any atom is -0.219 e. The molecule has 0 atom stereocenters. The molecule has 0 aromatic carbocycles. The molecule has 0 fully saturated rings. The molecule has 13 heavy (non-hydrogen) atoms. The molecule has 0 N–H and O–H groups in total. The van der Waals surface area contributed by atoms with Crippen LogP contribution in [0.3, 0.4) is 0 Å². The van der Waals surface area contributed by atoms with Crippen molar-refractivity contribution < 1.29 is 4.39 Å². The van der Waals surface area contributed by atoms with Gasteiger partial charge in [-0.25, -0.2) is 4.68 Å². The maximum Gasteiger partial charge on any atom is 0.235 e. The zero-order valence-corrected chi connectivity index (χ0v) is 8.42. The predicted molar refractivity (Wildman–Crippen MR) is 49.0 cm³/mol. The molecule has 0 spiro atoms. The van der Waals surface area contributed by atoms with Crippen molar-refractivity contribution in [1.82, 2.24) is 15.0 Å². The first-order chi connectivity index (χ1) is 6.16. The number of nitrogens with zero attached hydrogens (tertiary/aromatic N) is 3. The second-order valence-electron chi connectivity index (χ2n) is 3.50. The van der Waals surface area contributed by atoms with Crippen molar-refractivity contribution in [1.29, 1.82) is 0 Å². The van der Waals surface area contributed by atoms with E-state index in [1.165, 1.54) is 4.68 Å². The molecular formula is C9H16FN3. The van der Waals surface area contributed by atoms with Crippen LogP contribution in [0.25, 0.3) is 0 Å². The smallest absolute Gasteiger partial charge is 0.219 e. The SMILES string of the molecule is CCCCn1nnc(C(C)C)c1F. The van der Waals surface area contributed by atoms with Crippen molar-refractivity contribution in [2.45, 2.75) is 46.1 Å². The molecule has 4 heteroatoms. The highest BCUT2D eigenvalue weighted by molar-refractivity contribution is 5.01. The van der Waals surface area contributed by atoms with Crippen molar-refractivity contribution in [2.75, 3.05) is 0 Å². The van der Waals surface area contributed by atoms with Crippen LogP contribution in [0.5, 0.6) is 0 Å². The Labute approximate surface area is 77.9 Å². The Morgan fingerprint density at radius 3 is 2.62 bits per heavy atom. The van der Waals surface area contributed by atoms with E-state index >= 15 is 0 Å². The van der Waals surface area contributed by atoms with E-state index in [-0.39, 0.29) is 11.9 Å². The Hall–Kier alpha value is -0.930. The summed E-state index contributed by atoms with van der Waals surface area (Å²) in [6, 6.07) is 0. The Morgan fingerprint density at radius 1 is 1.46 bits per heavy atom. The standard InChI is InChI=1S/C9H16FN3/c1-4-5-6-13-9(10)8(7(2)3)11-12-13/h7H,4-6H2,1-3H3. The summed E-state index contributed by atoms with van der Waals surface area (Å²) in [5, 5.41) is 7.57. The minimum atomic E-state index is -0.275. The maximum absolute atomic E-state index is 13.4. The van der Waals surface area contributed by atoms with Gasteiger partial charge >= 0.3 is 0 Å². The largest absolute Gasteiger partial charge is 0.235 e. The van der Waals surface area contributed by atoms with E-state index < -0.39 is 0 Å². The summed E-state index contributed by atoms with van der Waals surface area (Å²) in [4.78, 5) is 0. The van der Waals surface area contributed by atoms with Crippen molar-refractivity contribution in [3.8, 4) is 0 Å². The molecule has 1 aromatic rings. The molecule has 1 rings (SSSR count). The predicted octanol–water partition coefficient (Wildman–Crippen LogP) is 2.34. The van der Waals surface area contributed by atoms with Gasteiger partial charge in [0.2, 0.25) is 5.95 Å². The normalized spacial score (nSPS) is 11.2. The van der Waals surface area contributed by atoms with E-state index in [2.05, 4.69) is 17.2 Å². The van der Waals surface area contributed by atoms with Gasteiger partial charge in [0.15, 0.2) is 0 Å². The lowest BCUT2D eigenvalue weighted by atomic mass is 10.1. The third-order valence-corrected chi connectivity index (χ3v) is 1.97. The van der Waals surface area contributed by atoms with Gasteiger partial charge in [-0.1, -0.05) is 32.4 Å². The molecule has 0 radical (unpaired) electrons. The fraction of sp³-hybridized carbons (Fsp3) is 0.778. The quantitative estimate of drug-likeness (QED) is 0.720. The van der Waals surface area contributed by atoms with Gasteiger partial charge in [-0.05, 0) is 6.42 Å². The molecule has 0 saturated heterocycles. The van der Waals surface area contributed by atoms with Gasteiger partial charge in [0.1, 0.15) is 5.69 Å². The number of halogens is 1. The molecule has 0 bridgehead atoms. The van der Waals surface area contributed by atoms with E-state index in [1.807, 2.05) is 13.8 Å². The highest BCUT2D eigenvalue weighted by Crippen LogP contribution is 2.14. The fourth-order valence-corrected chi connectivity index (χ4v) is 1.12. The summed E-state index contributed by atoms with van der Waals surface area (Å²) in [7, 11) is 0. The second-order valence-corrected chi connectivity index (χ2v) is 3.50. The molecule has 0 amide bonds.